The molecule has 0 heterocycles. The molecule has 0 aromatic heterocycles. The zero-order chi connectivity index (χ0) is 12.0. The second kappa shape index (κ2) is 6.61. The Morgan fingerprint density at radius 1 is 1.25 bits per heavy atom. The van der Waals surface area contributed by atoms with Crippen molar-refractivity contribution in [2.45, 2.75) is 38.8 Å². The van der Waals surface area contributed by atoms with E-state index in [-0.39, 0.29) is 18.0 Å². The highest BCUT2D eigenvalue weighted by Gasteiger charge is 2.18. The fraction of sp³-hybridized carbons (Fsp3) is 0.538. The van der Waals surface area contributed by atoms with Crippen LogP contribution in [0.5, 0.6) is 0 Å². The molecule has 0 aliphatic heterocycles. The van der Waals surface area contributed by atoms with Crippen LogP contribution in [0.3, 0.4) is 0 Å². The predicted molar refractivity (Wildman–Crippen MR) is 63.7 cm³/mol. The van der Waals surface area contributed by atoms with Gasteiger partial charge in [-0.25, -0.2) is 4.39 Å². The molecule has 0 fully saturated rings. The lowest BCUT2D eigenvalue weighted by Gasteiger charge is -2.23. The average Bonchev–Trinajstić information content (AvgIpc) is 2.29. The third-order valence-corrected chi connectivity index (χ3v) is 2.61. The molecule has 0 saturated heterocycles. The van der Waals surface area contributed by atoms with Crippen LogP contribution in [-0.4, -0.2) is 12.7 Å². The second-order valence-electron chi connectivity index (χ2n) is 3.86. The molecule has 16 heavy (non-hydrogen) atoms. The summed E-state index contributed by atoms with van der Waals surface area (Å²) in [5.41, 5.74) is 7.04. The van der Waals surface area contributed by atoms with Crippen molar-refractivity contribution in [1.82, 2.24) is 0 Å². The highest BCUT2D eigenvalue weighted by Crippen LogP contribution is 2.20. The number of rotatable bonds is 6. The van der Waals surface area contributed by atoms with E-state index in [2.05, 4.69) is 6.92 Å². The minimum atomic E-state index is -0.237. The minimum Gasteiger partial charge on any atom is -0.377 e. The van der Waals surface area contributed by atoms with E-state index in [4.69, 9.17) is 10.5 Å². The summed E-state index contributed by atoms with van der Waals surface area (Å²) < 4.78 is 18.4. The minimum absolute atomic E-state index is 0.0143. The van der Waals surface area contributed by atoms with Crippen LogP contribution in [0.15, 0.2) is 24.3 Å². The number of halogens is 1. The van der Waals surface area contributed by atoms with Crippen molar-refractivity contribution in [1.29, 1.82) is 0 Å². The van der Waals surface area contributed by atoms with Crippen LogP contribution in [0.25, 0.3) is 0 Å². The molecule has 0 saturated carbocycles. The summed E-state index contributed by atoms with van der Waals surface area (Å²) in [6, 6.07) is 6.14. The Kier molecular flexibility index (Phi) is 5.43. The first-order valence-electron chi connectivity index (χ1n) is 5.81. The Labute approximate surface area is 96.6 Å². The molecule has 0 amide bonds. The van der Waals surface area contributed by atoms with Crippen LogP contribution in [0, 0.1) is 5.82 Å². The first-order valence-corrected chi connectivity index (χ1v) is 5.81. The van der Waals surface area contributed by atoms with Gasteiger partial charge in [0, 0.05) is 6.61 Å². The molecule has 2 nitrogen and oxygen atoms in total. The van der Waals surface area contributed by atoms with Gasteiger partial charge < -0.3 is 10.5 Å². The molecular formula is C13H20FNO. The molecule has 0 radical (unpaired) electrons. The summed E-state index contributed by atoms with van der Waals surface area (Å²) in [7, 11) is 0. The Hall–Kier alpha value is -0.930. The van der Waals surface area contributed by atoms with E-state index >= 15 is 0 Å². The molecule has 3 heteroatoms. The maximum Gasteiger partial charge on any atom is 0.123 e. The third-order valence-electron chi connectivity index (χ3n) is 2.61. The Balaban J connectivity index is 2.72. The molecule has 2 atom stereocenters. The van der Waals surface area contributed by atoms with Gasteiger partial charge in [-0.1, -0.05) is 25.5 Å². The molecular weight excluding hydrogens is 205 g/mol. The number of benzene rings is 1. The zero-order valence-electron chi connectivity index (χ0n) is 9.95. The maximum absolute atomic E-state index is 12.8. The monoisotopic (exact) mass is 225 g/mol. The van der Waals surface area contributed by atoms with Crippen molar-refractivity contribution in [2.24, 2.45) is 5.73 Å². The van der Waals surface area contributed by atoms with Crippen LogP contribution >= 0.6 is 0 Å². The highest BCUT2D eigenvalue weighted by atomic mass is 19.1. The van der Waals surface area contributed by atoms with E-state index in [0.29, 0.717) is 6.61 Å². The molecule has 0 bridgehead atoms. The van der Waals surface area contributed by atoms with E-state index in [1.54, 1.807) is 12.1 Å². The maximum atomic E-state index is 12.8. The first-order chi connectivity index (χ1) is 7.69. The summed E-state index contributed by atoms with van der Waals surface area (Å²) in [5.74, 6) is -0.237. The molecule has 90 valence electrons. The SMILES string of the molecule is CCCC(OCC)C(N)c1ccc(F)cc1. The Morgan fingerprint density at radius 2 is 1.88 bits per heavy atom. The van der Waals surface area contributed by atoms with Crippen molar-refractivity contribution in [3.63, 3.8) is 0 Å². The quantitative estimate of drug-likeness (QED) is 0.807. The summed E-state index contributed by atoms with van der Waals surface area (Å²) in [5, 5.41) is 0. The van der Waals surface area contributed by atoms with Crippen molar-refractivity contribution in [3.05, 3.63) is 35.6 Å². The largest absolute Gasteiger partial charge is 0.377 e. The van der Waals surface area contributed by atoms with Gasteiger partial charge in [0.2, 0.25) is 0 Å². The van der Waals surface area contributed by atoms with Crippen LogP contribution in [0.1, 0.15) is 38.3 Å². The summed E-state index contributed by atoms with van der Waals surface area (Å²) >= 11 is 0. The zero-order valence-corrected chi connectivity index (χ0v) is 9.95. The number of hydrogen-bond donors (Lipinski definition) is 1. The Bertz CT molecular complexity index is 293. The van der Waals surface area contributed by atoms with Gasteiger partial charge >= 0.3 is 0 Å². The van der Waals surface area contributed by atoms with Gasteiger partial charge in [0.25, 0.3) is 0 Å². The van der Waals surface area contributed by atoms with Gasteiger partial charge in [0.1, 0.15) is 5.82 Å². The Morgan fingerprint density at radius 3 is 2.38 bits per heavy atom. The summed E-state index contributed by atoms with van der Waals surface area (Å²) in [6.07, 6.45) is 1.96. The number of hydrogen-bond acceptors (Lipinski definition) is 2. The topological polar surface area (TPSA) is 35.2 Å². The second-order valence-corrected chi connectivity index (χ2v) is 3.86. The molecule has 1 rings (SSSR count). The third kappa shape index (κ3) is 3.58. The molecule has 0 aliphatic carbocycles. The molecule has 2 N–H and O–H groups in total. The summed E-state index contributed by atoms with van der Waals surface area (Å²) in [6.45, 7) is 4.71. The van der Waals surface area contributed by atoms with Gasteiger partial charge in [-0.15, -0.1) is 0 Å². The molecule has 0 spiro atoms. The fourth-order valence-corrected chi connectivity index (χ4v) is 1.76. The molecule has 1 aromatic carbocycles. The van der Waals surface area contributed by atoms with Crippen LogP contribution in [0.4, 0.5) is 4.39 Å². The van der Waals surface area contributed by atoms with Crippen LogP contribution in [0.2, 0.25) is 0 Å². The lowest BCUT2D eigenvalue weighted by Crippen LogP contribution is -2.29. The van der Waals surface area contributed by atoms with Crippen LogP contribution in [-0.2, 0) is 4.74 Å². The molecule has 1 aromatic rings. The summed E-state index contributed by atoms with van der Waals surface area (Å²) in [4.78, 5) is 0. The van der Waals surface area contributed by atoms with E-state index in [1.807, 2.05) is 6.92 Å². The smallest absolute Gasteiger partial charge is 0.123 e. The van der Waals surface area contributed by atoms with Crippen molar-refractivity contribution >= 4 is 0 Å². The van der Waals surface area contributed by atoms with Crippen molar-refractivity contribution in [3.8, 4) is 0 Å². The van der Waals surface area contributed by atoms with Gasteiger partial charge in [0.05, 0.1) is 12.1 Å². The van der Waals surface area contributed by atoms with E-state index in [9.17, 15) is 4.39 Å². The normalized spacial score (nSPS) is 14.8. The van der Waals surface area contributed by atoms with E-state index in [1.165, 1.54) is 12.1 Å². The molecule has 2 unspecified atom stereocenters. The number of nitrogens with two attached hydrogens (primary N) is 1. The van der Waals surface area contributed by atoms with Crippen molar-refractivity contribution < 1.29 is 9.13 Å². The average molecular weight is 225 g/mol. The number of ether oxygens (including phenoxy) is 1. The van der Waals surface area contributed by atoms with E-state index in [0.717, 1.165) is 18.4 Å². The first kappa shape index (κ1) is 13.1. The van der Waals surface area contributed by atoms with Gasteiger partial charge in [-0.2, -0.15) is 0 Å². The highest BCUT2D eigenvalue weighted by molar-refractivity contribution is 5.20. The van der Waals surface area contributed by atoms with Gasteiger partial charge in [0.15, 0.2) is 0 Å². The van der Waals surface area contributed by atoms with E-state index < -0.39 is 0 Å². The van der Waals surface area contributed by atoms with Gasteiger partial charge in [-0.05, 0) is 31.0 Å². The predicted octanol–water partition coefficient (Wildman–Crippen LogP) is 3.03. The van der Waals surface area contributed by atoms with Gasteiger partial charge in [-0.3, -0.25) is 0 Å². The standard InChI is InChI=1S/C13H20FNO/c1-3-5-12(16-4-2)13(15)10-6-8-11(14)9-7-10/h6-9,12-13H,3-5,15H2,1-2H3. The lowest BCUT2D eigenvalue weighted by atomic mass is 9.99. The molecule has 0 aliphatic rings. The van der Waals surface area contributed by atoms with Crippen molar-refractivity contribution in [2.75, 3.05) is 6.61 Å². The fourth-order valence-electron chi connectivity index (χ4n) is 1.76. The lowest BCUT2D eigenvalue weighted by molar-refractivity contribution is 0.0374. The van der Waals surface area contributed by atoms with Crippen LogP contribution < -0.4 is 5.73 Å².